The van der Waals surface area contributed by atoms with E-state index in [1.54, 1.807) is 6.20 Å². The smallest absolute Gasteiger partial charge is 0.0413 e. The molecule has 1 atom stereocenters. The SMILES string of the molecule is NC(CC1CC1)c1ccncc1Br. The highest BCUT2D eigenvalue weighted by Gasteiger charge is 2.25. The maximum Gasteiger partial charge on any atom is 0.0413 e. The fourth-order valence-electron chi connectivity index (χ4n) is 1.53. The number of pyridine rings is 1. The molecule has 2 rings (SSSR count). The number of hydrogen-bond acceptors (Lipinski definition) is 2. The van der Waals surface area contributed by atoms with Crippen molar-refractivity contribution in [3.8, 4) is 0 Å². The average molecular weight is 241 g/mol. The largest absolute Gasteiger partial charge is 0.324 e. The molecule has 1 aromatic rings. The Morgan fingerprint density at radius 3 is 3.00 bits per heavy atom. The second-order valence-electron chi connectivity index (χ2n) is 3.68. The van der Waals surface area contributed by atoms with Crippen molar-refractivity contribution in [1.82, 2.24) is 4.98 Å². The van der Waals surface area contributed by atoms with E-state index in [2.05, 4.69) is 20.9 Å². The van der Waals surface area contributed by atoms with Crippen LogP contribution in [0.25, 0.3) is 0 Å². The van der Waals surface area contributed by atoms with E-state index in [9.17, 15) is 0 Å². The van der Waals surface area contributed by atoms with Crippen LogP contribution in [0.5, 0.6) is 0 Å². The van der Waals surface area contributed by atoms with Gasteiger partial charge in [0.05, 0.1) is 0 Å². The lowest BCUT2D eigenvalue weighted by Crippen LogP contribution is -2.11. The van der Waals surface area contributed by atoms with Crippen LogP contribution in [0.3, 0.4) is 0 Å². The lowest BCUT2D eigenvalue weighted by molar-refractivity contribution is 0.594. The Hall–Kier alpha value is -0.410. The molecular formula is C10H13BrN2. The van der Waals surface area contributed by atoms with Gasteiger partial charge in [0, 0.05) is 22.9 Å². The maximum atomic E-state index is 6.08. The molecule has 0 spiro atoms. The Labute approximate surface area is 86.7 Å². The molecule has 70 valence electrons. The monoisotopic (exact) mass is 240 g/mol. The van der Waals surface area contributed by atoms with Gasteiger partial charge in [-0.15, -0.1) is 0 Å². The summed E-state index contributed by atoms with van der Waals surface area (Å²) in [5.41, 5.74) is 7.26. The van der Waals surface area contributed by atoms with Crippen molar-refractivity contribution >= 4 is 15.9 Å². The summed E-state index contributed by atoms with van der Waals surface area (Å²) in [5.74, 6) is 0.870. The molecule has 1 fully saturated rings. The topological polar surface area (TPSA) is 38.9 Å². The number of halogens is 1. The van der Waals surface area contributed by atoms with Gasteiger partial charge < -0.3 is 5.73 Å². The third-order valence-electron chi connectivity index (χ3n) is 2.49. The van der Waals surface area contributed by atoms with Crippen molar-refractivity contribution in [2.75, 3.05) is 0 Å². The molecule has 2 N–H and O–H groups in total. The minimum absolute atomic E-state index is 0.171. The van der Waals surface area contributed by atoms with Crippen LogP contribution < -0.4 is 5.73 Å². The predicted molar refractivity (Wildman–Crippen MR) is 56.2 cm³/mol. The van der Waals surface area contributed by atoms with Crippen LogP contribution in [0.15, 0.2) is 22.9 Å². The van der Waals surface area contributed by atoms with Crippen LogP contribution in [0.2, 0.25) is 0 Å². The molecule has 13 heavy (non-hydrogen) atoms. The highest BCUT2D eigenvalue weighted by Crippen LogP contribution is 2.37. The van der Waals surface area contributed by atoms with E-state index in [0.717, 1.165) is 16.8 Å². The van der Waals surface area contributed by atoms with E-state index in [1.165, 1.54) is 18.4 Å². The summed E-state index contributed by atoms with van der Waals surface area (Å²) in [7, 11) is 0. The summed E-state index contributed by atoms with van der Waals surface area (Å²) in [5, 5.41) is 0. The summed E-state index contributed by atoms with van der Waals surface area (Å²) in [6.45, 7) is 0. The molecular weight excluding hydrogens is 228 g/mol. The van der Waals surface area contributed by atoms with Gasteiger partial charge in [-0.05, 0) is 39.9 Å². The number of nitrogens with zero attached hydrogens (tertiary/aromatic N) is 1. The van der Waals surface area contributed by atoms with Crippen molar-refractivity contribution in [3.63, 3.8) is 0 Å². The Bertz CT molecular complexity index is 297. The quantitative estimate of drug-likeness (QED) is 0.883. The van der Waals surface area contributed by atoms with Crippen LogP contribution in [0, 0.1) is 5.92 Å². The Morgan fingerprint density at radius 1 is 1.62 bits per heavy atom. The number of aromatic nitrogens is 1. The van der Waals surface area contributed by atoms with Crippen molar-refractivity contribution in [3.05, 3.63) is 28.5 Å². The standard InChI is InChI=1S/C10H13BrN2/c11-9-6-13-4-3-8(9)10(12)5-7-1-2-7/h3-4,6-7,10H,1-2,5,12H2. The van der Waals surface area contributed by atoms with Gasteiger partial charge >= 0.3 is 0 Å². The van der Waals surface area contributed by atoms with Crippen LogP contribution in [-0.4, -0.2) is 4.98 Å². The molecule has 0 aliphatic heterocycles. The zero-order chi connectivity index (χ0) is 9.26. The first-order valence-corrected chi connectivity index (χ1v) is 5.41. The average Bonchev–Trinajstić information content (AvgIpc) is 2.89. The summed E-state index contributed by atoms with van der Waals surface area (Å²) in [6.07, 6.45) is 7.43. The van der Waals surface area contributed by atoms with Crippen molar-refractivity contribution < 1.29 is 0 Å². The van der Waals surface area contributed by atoms with Gasteiger partial charge in [0.15, 0.2) is 0 Å². The Morgan fingerprint density at radius 2 is 2.38 bits per heavy atom. The highest BCUT2D eigenvalue weighted by atomic mass is 79.9. The fourth-order valence-corrected chi connectivity index (χ4v) is 2.07. The number of nitrogens with two attached hydrogens (primary N) is 1. The molecule has 0 bridgehead atoms. The van der Waals surface area contributed by atoms with E-state index >= 15 is 0 Å². The first kappa shape index (κ1) is 9.16. The first-order chi connectivity index (χ1) is 6.27. The molecule has 3 heteroatoms. The third kappa shape index (κ3) is 2.29. The molecule has 0 aromatic carbocycles. The van der Waals surface area contributed by atoms with Crippen molar-refractivity contribution in [2.24, 2.45) is 11.7 Å². The van der Waals surface area contributed by atoms with E-state index in [-0.39, 0.29) is 6.04 Å². The molecule has 0 radical (unpaired) electrons. The lowest BCUT2D eigenvalue weighted by Gasteiger charge is -2.12. The molecule has 2 nitrogen and oxygen atoms in total. The zero-order valence-electron chi connectivity index (χ0n) is 7.41. The van der Waals surface area contributed by atoms with Gasteiger partial charge in [-0.3, -0.25) is 4.98 Å². The van der Waals surface area contributed by atoms with Gasteiger partial charge in [0.2, 0.25) is 0 Å². The summed E-state index contributed by atoms with van der Waals surface area (Å²) in [4.78, 5) is 4.02. The molecule has 0 amide bonds. The fraction of sp³-hybridized carbons (Fsp3) is 0.500. The third-order valence-corrected chi connectivity index (χ3v) is 3.15. The van der Waals surface area contributed by atoms with Gasteiger partial charge in [-0.25, -0.2) is 0 Å². The van der Waals surface area contributed by atoms with E-state index in [0.29, 0.717) is 0 Å². The van der Waals surface area contributed by atoms with E-state index in [4.69, 9.17) is 5.73 Å². The molecule has 1 aromatic heterocycles. The molecule has 1 aliphatic rings. The normalized spacial score (nSPS) is 18.6. The van der Waals surface area contributed by atoms with E-state index < -0.39 is 0 Å². The molecule has 1 saturated carbocycles. The van der Waals surface area contributed by atoms with Crippen molar-refractivity contribution in [2.45, 2.75) is 25.3 Å². The second-order valence-corrected chi connectivity index (χ2v) is 4.54. The molecule has 0 saturated heterocycles. The predicted octanol–water partition coefficient (Wildman–Crippen LogP) is 2.64. The van der Waals surface area contributed by atoms with Gasteiger partial charge in [0.25, 0.3) is 0 Å². The molecule has 1 aliphatic carbocycles. The van der Waals surface area contributed by atoms with Gasteiger partial charge in [-0.1, -0.05) is 12.8 Å². The Balaban J connectivity index is 2.09. The number of rotatable bonds is 3. The number of hydrogen-bond donors (Lipinski definition) is 1. The molecule has 1 heterocycles. The first-order valence-electron chi connectivity index (χ1n) is 4.62. The zero-order valence-corrected chi connectivity index (χ0v) is 9.00. The summed E-state index contributed by atoms with van der Waals surface area (Å²) in [6, 6.07) is 2.17. The van der Waals surface area contributed by atoms with Crippen molar-refractivity contribution in [1.29, 1.82) is 0 Å². The van der Waals surface area contributed by atoms with Gasteiger partial charge in [0.1, 0.15) is 0 Å². The molecule has 1 unspecified atom stereocenters. The summed E-state index contributed by atoms with van der Waals surface area (Å²) >= 11 is 3.46. The lowest BCUT2D eigenvalue weighted by atomic mass is 10.0. The Kier molecular flexibility index (Phi) is 2.65. The minimum Gasteiger partial charge on any atom is -0.324 e. The highest BCUT2D eigenvalue weighted by molar-refractivity contribution is 9.10. The van der Waals surface area contributed by atoms with Crippen LogP contribution in [0.1, 0.15) is 30.9 Å². The van der Waals surface area contributed by atoms with Crippen LogP contribution in [-0.2, 0) is 0 Å². The van der Waals surface area contributed by atoms with E-state index in [1.807, 2.05) is 12.3 Å². The van der Waals surface area contributed by atoms with Gasteiger partial charge in [-0.2, -0.15) is 0 Å². The van der Waals surface area contributed by atoms with Crippen LogP contribution >= 0.6 is 15.9 Å². The minimum atomic E-state index is 0.171. The maximum absolute atomic E-state index is 6.08. The second kappa shape index (κ2) is 3.76. The van der Waals surface area contributed by atoms with Crippen LogP contribution in [0.4, 0.5) is 0 Å². The summed E-state index contributed by atoms with van der Waals surface area (Å²) < 4.78 is 1.03.